The first-order chi connectivity index (χ1) is 10.8. The van der Waals surface area contributed by atoms with Crippen molar-refractivity contribution in [2.45, 2.75) is 31.4 Å². The van der Waals surface area contributed by atoms with Crippen molar-refractivity contribution in [1.82, 2.24) is 9.97 Å². The van der Waals surface area contributed by atoms with Gasteiger partial charge in [0.15, 0.2) is 5.69 Å². The van der Waals surface area contributed by atoms with E-state index in [1.807, 2.05) is 36.4 Å². The molecule has 0 radical (unpaired) electrons. The molecule has 1 N–H and O–H groups in total. The summed E-state index contributed by atoms with van der Waals surface area (Å²) >= 11 is 0. The molecule has 1 aromatic carbocycles. The second-order valence-corrected chi connectivity index (χ2v) is 5.52. The number of nitrogens with zero attached hydrogens (tertiary/aromatic N) is 4. The lowest BCUT2D eigenvalue weighted by Crippen LogP contribution is -2.31. The van der Waals surface area contributed by atoms with Crippen molar-refractivity contribution in [2.75, 3.05) is 11.4 Å². The van der Waals surface area contributed by atoms with Gasteiger partial charge in [-0.15, -0.1) is 0 Å². The largest absolute Gasteiger partial charge is 0.388 e. The highest BCUT2D eigenvalue weighted by molar-refractivity contribution is 5.40. The average Bonchev–Trinajstić information content (AvgIpc) is 3.04. The molecule has 2 aromatic rings. The number of aromatic nitrogens is 2. The molecule has 0 saturated carbocycles. The third-order valence-corrected chi connectivity index (χ3v) is 4.10. The number of anilines is 1. The van der Waals surface area contributed by atoms with Gasteiger partial charge in [-0.1, -0.05) is 30.3 Å². The Morgan fingerprint density at radius 1 is 1.27 bits per heavy atom. The molecule has 1 aliphatic rings. The van der Waals surface area contributed by atoms with Crippen LogP contribution >= 0.6 is 0 Å². The molecule has 0 amide bonds. The van der Waals surface area contributed by atoms with Crippen LogP contribution in [0.3, 0.4) is 0 Å². The number of aliphatic hydroxyl groups is 1. The van der Waals surface area contributed by atoms with Crippen LogP contribution in [-0.4, -0.2) is 27.7 Å². The standard InChI is InChI=1S/C17H18N4O/c18-10-14-11-20-17(12-19-14)21-8-4-7-15(21)9-16(22)13-5-2-1-3-6-13/h1-3,5-6,11-12,15-16,22H,4,7-9H2. The van der Waals surface area contributed by atoms with Gasteiger partial charge in [0.05, 0.1) is 18.5 Å². The molecular formula is C17H18N4O. The molecule has 1 saturated heterocycles. The summed E-state index contributed by atoms with van der Waals surface area (Å²) in [6, 6.07) is 12.0. The summed E-state index contributed by atoms with van der Waals surface area (Å²) in [6.45, 7) is 0.909. The summed E-state index contributed by atoms with van der Waals surface area (Å²) in [7, 11) is 0. The molecule has 1 aromatic heterocycles. The first-order valence-electron chi connectivity index (χ1n) is 7.49. The van der Waals surface area contributed by atoms with Gasteiger partial charge >= 0.3 is 0 Å². The van der Waals surface area contributed by atoms with Gasteiger partial charge in [0.1, 0.15) is 11.9 Å². The van der Waals surface area contributed by atoms with E-state index in [2.05, 4.69) is 14.9 Å². The van der Waals surface area contributed by atoms with Crippen molar-refractivity contribution < 1.29 is 5.11 Å². The van der Waals surface area contributed by atoms with Crippen molar-refractivity contribution >= 4 is 5.82 Å². The first kappa shape index (κ1) is 14.5. The maximum atomic E-state index is 10.4. The van der Waals surface area contributed by atoms with Gasteiger partial charge in [-0.25, -0.2) is 9.97 Å². The van der Waals surface area contributed by atoms with Crippen molar-refractivity contribution in [1.29, 1.82) is 5.26 Å². The van der Waals surface area contributed by atoms with Crippen molar-refractivity contribution in [3.8, 4) is 6.07 Å². The Kier molecular flexibility index (Phi) is 4.31. The predicted octanol–water partition coefficient (Wildman–Crippen LogP) is 2.44. The highest BCUT2D eigenvalue weighted by atomic mass is 16.3. The maximum absolute atomic E-state index is 10.4. The molecule has 2 unspecified atom stereocenters. The van der Waals surface area contributed by atoms with Crippen LogP contribution < -0.4 is 4.90 Å². The lowest BCUT2D eigenvalue weighted by atomic mass is 10.0. The molecule has 0 bridgehead atoms. The Balaban J connectivity index is 1.71. The van der Waals surface area contributed by atoms with Gasteiger partial charge in [-0.2, -0.15) is 5.26 Å². The minimum Gasteiger partial charge on any atom is -0.388 e. The zero-order chi connectivity index (χ0) is 15.4. The fourth-order valence-electron chi connectivity index (χ4n) is 2.98. The van der Waals surface area contributed by atoms with Crippen molar-refractivity contribution in [2.24, 2.45) is 0 Å². The van der Waals surface area contributed by atoms with Gasteiger partial charge in [0, 0.05) is 12.6 Å². The van der Waals surface area contributed by atoms with Crippen molar-refractivity contribution in [3.05, 3.63) is 54.0 Å². The fraction of sp³-hybridized carbons (Fsp3) is 0.353. The lowest BCUT2D eigenvalue weighted by Gasteiger charge is -2.27. The van der Waals surface area contributed by atoms with Crippen LogP contribution in [0, 0.1) is 11.3 Å². The Labute approximate surface area is 129 Å². The third-order valence-electron chi connectivity index (χ3n) is 4.10. The molecule has 112 valence electrons. The van der Waals surface area contributed by atoms with Crippen LogP contribution in [0.2, 0.25) is 0 Å². The highest BCUT2D eigenvalue weighted by Gasteiger charge is 2.28. The molecule has 0 spiro atoms. The second-order valence-electron chi connectivity index (χ2n) is 5.52. The molecule has 5 heteroatoms. The van der Waals surface area contributed by atoms with Crippen LogP contribution in [0.25, 0.3) is 0 Å². The average molecular weight is 294 g/mol. The van der Waals surface area contributed by atoms with Crippen LogP contribution in [0.15, 0.2) is 42.7 Å². The number of nitriles is 1. The monoisotopic (exact) mass is 294 g/mol. The summed E-state index contributed by atoms with van der Waals surface area (Å²) in [6.07, 6.45) is 5.45. The summed E-state index contributed by atoms with van der Waals surface area (Å²) in [5.74, 6) is 0.779. The normalized spacial score (nSPS) is 18.9. The van der Waals surface area contributed by atoms with E-state index in [9.17, 15) is 5.11 Å². The van der Waals surface area contributed by atoms with Crippen LogP contribution in [-0.2, 0) is 0 Å². The maximum Gasteiger partial charge on any atom is 0.158 e. The van der Waals surface area contributed by atoms with E-state index in [0.717, 1.165) is 30.8 Å². The Morgan fingerprint density at radius 2 is 2.09 bits per heavy atom. The zero-order valence-corrected chi connectivity index (χ0v) is 12.3. The summed E-state index contributed by atoms with van der Waals surface area (Å²) in [4.78, 5) is 10.6. The topological polar surface area (TPSA) is 73.0 Å². The van der Waals surface area contributed by atoms with Gasteiger partial charge in [0.25, 0.3) is 0 Å². The number of rotatable bonds is 4. The van der Waals surface area contributed by atoms with Gasteiger partial charge in [-0.05, 0) is 24.8 Å². The Bertz CT molecular complexity index is 651. The van der Waals surface area contributed by atoms with E-state index in [0.29, 0.717) is 12.1 Å². The molecular weight excluding hydrogens is 276 g/mol. The van der Waals surface area contributed by atoms with Gasteiger partial charge in [0.2, 0.25) is 0 Å². The number of hydrogen-bond acceptors (Lipinski definition) is 5. The lowest BCUT2D eigenvalue weighted by molar-refractivity contribution is 0.158. The fourth-order valence-corrected chi connectivity index (χ4v) is 2.98. The number of hydrogen-bond donors (Lipinski definition) is 1. The number of aliphatic hydroxyl groups excluding tert-OH is 1. The van der Waals surface area contributed by atoms with E-state index in [1.165, 1.54) is 6.20 Å². The smallest absolute Gasteiger partial charge is 0.158 e. The Hall–Kier alpha value is -2.45. The third kappa shape index (κ3) is 3.07. The second kappa shape index (κ2) is 6.54. The van der Waals surface area contributed by atoms with E-state index >= 15 is 0 Å². The molecule has 3 rings (SSSR count). The van der Waals surface area contributed by atoms with Crippen LogP contribution in [0.5, 0.6) is 0 Å². The SMILES string of the molecule is N#Cc1cnc(N2CCCC2CC(O)c2ccccc2)cn1. The van der Waals surface area contributed by atoms with E-state index in [4.69, 9.17) is 5.26 Å². The molecule has 2 heterocycles. The van der Waals surface area contributed by atoms with Gasteiger partial charge in [-0.3, -0.25) is 0 Å². The van der Waals surface area contributed by atoms with E-state index in [-0.39, 0.29) is 6.04 Å². The molecule has 5 nitrogen and oxygen atoms in total. The summed E-state index contributed by atoms with van der Waals surface area (Å²) < 4.78 is 0. The van der Waals surface area contributed by atoms with E-state index in [1.54, 1.807) is 6.20 Å². The summed E-state index contributed by atoms with van der Waals surface area (Å²) in [5, 5.41) is 19.2. The quantitative estimate of drug-likeness (QED) is 0.937. The van der Waals surface area contributed by atoms with Crippen molar-refractivity contribution in [3.63, 3.8) is 0 Å². The highest BCUT2D eigenvalue weighted by Crippen LogP contribution is 2.30. The van der Waals surface area contributed by atoms with Gasteiger partial charge < -0.3 is 10.0 Å². The first-order valence-corrected chi connectivity index (χ1v) is 7.49. The zero-order valence-electron chi connectivity index (χ0n) is 12.3. The molecule has 1 fully saturated rings. The minimum atomic E-state index is -0.474. The summed E-state index contributed by atoms with van der Waals surface area (Å²) in [5.41, 5.74) is 1.27. The molecule has 22 heavy (non-hydrogen) atoms. The predicted molar refractivity (Wildman–Crippen MR) is 83.1 cm³/mol. The van der Waals surface area contributed by atoms with Crippen LogP contribution in [0.1, 0.15) is 36.6 Å². The molecule has 0 aliphatic carbocycles. The van der Waals surface area contributed by atoms with E-state index < -0.39 is 6.10 Å². The molecule has 1 aliphatic heterocycles. The molecule has 2 atom stereocenters. The minimum absolute atomic E-state index is 0.248. The van der Waals surface area contributed by atoms with Crippen LogP contribution in [0.4, 0.5) is 5.82 Å². The number of benzene rings is 1. The Morgan fingerprint density at radius 3 is 2.77 bits per heavy atom.